The van der Waals surface area contributed by atoms with Crippen molar-refractivity contribution in [2.75, 3.05) is 0 Å². The fraction of sp³-hybridized carbons (Fsp3) is 0.354. The van der Waals surface area contributed by atoms with Gasteiger partial charge in [-0.2, -0.15) is 0 Å². The molecule has 2 unspecified atom stereocenters. The number of rotatable bonds is 0. The van der Waals surface area contributed by atoms with E-state index >= 15 is 0 Å². The monoisotopic (exact) mass is 864 g/mol. The van der Waals surface area contributed by atoms with E-state index in [4.69, 9.17) is 0 Å². The molecule has 326 valence electrons. The van der Waals surface area contributed by atoms with Crippen molar-refractivity contribution in [3.05, 3.63) is 156 Å². The maximum absolute atomic E-state index is 13.8. The lowest BCUT2D eigenvalue weighted by molar-refractivity contribution is -0.0685. The summed E-state index contributed by atoms with van der Waals surface area (Å²) in [5, 5.41) is 0.545. The van der Waals surface area contributed by atoms with Crippen LogP contribution < -0.4 is 0 Å². The summed E-state index contributed by atoms with van der Waals surface area (Å²) in [6.45, 7) is 12.3. The third kappa shape index (κ3) is 8.98. The predicted molar refractivity (Wildman–Crippen MR) is 212 cm³/mol. The van der Waals surface area contributed by atoms with Gasteiger partial charge in [0.1, 0.15) is 11.6 Å². The predicted octanol–water partition coefficient (Wildman–Crippen LogP) is 14.8. The molecule has 0 spiro atoms. The molecule has 1 nitrogen and oxygen atoms in total. The quantitative estimate of drug-likeness (QED) is 0.142. The molecule has 0 aliphatic heterocycles. The van der Waals surface area contributed by atoms with Crippen LogP contribution in [0.25, 0.3) is 16.6 Å². The number of alkyl halides is 2. The van der Waals surface area contributed by atoms with Gasteiger partial charge in [0.05, 0.1) is 0 Å². The Kier molecular flexibility index (Phi) is 13.9. The molecule has 61 heavy (non-hydrogen) atoms. The first-order valence-electron chi connectivity index (χ1n) is 19.7. The van der Waals surface area contributed by atoms with Crippen LogP contribution in [0.1, 0.15) is 106 Å². The molecular formula is C48H44F12O. The second kappa shape index (κ2) is 18.1. The summed E-state index contributed by atoms with van der Waals surface area (Å²) in [5.74, 6) is -12.6. The lowest BCUT2D eigenvalue weighted by Gasteiger charge is -2.32. The summed E-state index contributed by atoms with van der Waals surface area (Å²) in [6, 6.07) is 6.70. The number of hydrogen-bond donors (Lipinski definition) is 0. The minimum absolute atomic E-state index is 0.0153. The molecule has 0 bridgehead atoms. The molecule has 8 rings (SSSR count). The Balaban J connectivity index is 0.000000154. The van der Waals surface area contributed by atoms with Crippen molar-refractivity contribution >= 4 is 22.4 Å². The van der Waals surface area contributed by atoms with Crippen molar-refractivity contribution in [3.8, 4) is 0 Å². The Morgan fingerprint density at radius 3 is 1.57 bits per heavy atom. The number of halogens is 12. The molecule has 0 radical (unpaired) electrons. The summed E-state index contributed by atoms with van der Waals surface area (Å²) in [5.41, 5.74) is 3.48. The normalized spacial score (nSPS) is 17.5. The van der Waals surface area contributed by atoms with Crippen LogP contribution in [0.4, 0.5) is 52.7 Å². The van der Waals surface area contributed by atoms with Gasteiger partial charge in [0, 0.05) is 33.9 Å². The third-order valence-electron chi connectivity index (χ3n) is 12.1. The van der Waals surface area contributed by atoms with E-state index in [0.717, 1.165) is 24.6 Å². The zero-order valence-corrected chi connectivity index (χ0v) is 34.8. The van der Waals surface area contributed by atoms with Gasteiger partial charge in [-0.1, -0.05) is 26.0 Å². The lowest BCUT2D eigenvalue weighted by Crippen LogP contribution is -2.30. The zero-order chi connectivity index (χ0) is 45.6. The first kappa shape index (κ1) is 47.0. The van der Waals surface area contributed by atoms with E-state index in [1.165, 1.54) is 34.6 Å². The highest BCUT2D eigenvalue weighted by Gasteiger charge is 2.44. The molecule has 0 heterocycles. The van der Waals surface area contributed by atoms with Gasteiger partial charge in [-0.05, 0) is 160 Å². The number of ketones is 1. The van der Waals surface area contributed by atoms with Crippen molar-refractivity contribution in [3.63, 3.8) is 0 Å². The lowest BCUT2D eigenvalue weighted by atomic mass is 9.79. The van der Waals surface area contributed by atoms with Gasteiger partial charge in [0.25, 0.3) is 5.92 Å². The minimum atomic E-state index is -3.06. The van der Waals surface area contributed by atoms with E-state index in [0.29, 0.717) is 71.4 Å². The highest BCUT2D eigenvalue weighted by molar-refractivity contribution is 6.00. The van der Waals surface area contributed by atoms with Crippen LogP contribution in [0.5, 0.6) is 0 Å². The van der Waals surface area contributed by atoms with E-state index in [2.05, 4.69) is 0 Å². The molecule has 0 amide bonds. The van der Waals surface area contributed by atoms with Gasteiger partial charge >= 0.3 is 0 Å². The fourth-order valence-corrected chi connectivity index (χ4v) is 7.93. The number of fused-ring (bicyclic) bond motifs is 4. The Labute approximate surface area is 346 Å². The molecule has 0 aromatic heterocycles. The molecule has 5 aromatic rings. The third-order valence-corrected chi connectivity index (χ3v) is 12.1. The van der Waals surface area contributed by atoms with Crippen molar-refractivity contribution in [1.82, 2.24) is 0 Å². The van der Waals surface area contributed by atoms with Crippen molar-refractivity contribution in [2.45, 2.75) is 99.8 Å². The SMILES string of the molecule is CC1=C(F)c2cc(F)c(F)c(C)c2CC1.Cc1c(F)c(F)cc2c1CCC(C)C2(F)F.Cc1c(F)c(F)cc2c1CCC(C)C2=O.Cc1ccc2c(C)c(F)c(F)cc2c1F. The smallest absolute Gasteiger partial charge is 0.276 e. The van der Waals surface area contributed by atoms with Crippen LogP contribution in [0, 0.1) is 98.8 Å². The molecule has 3 aliphatic carbocycles. The Morgan fingerprint density at radius 1 is 0.508 bits per heavy atom. The van der Waals surface area contributed by atoms with Crippen LogP contribution in [-0.4, -0.2) is 5.78 Å². The summed E-state index contributed by atoms with van der Waals surface area (Å²) < 4.78 is 160. The molecule has 3 aliphatic rings. The van der Waals surface area contributed by atoms with Gasteiger partial charge in [0.15, 0.2) is 52.3 Å². The van der Waals surface area contributed by atoms with E-state index in [1.54, 1.807) is 26.0 Å². The number of allylic oxidation sites excluding steroid dienone is 1. The van der Waals surface area contributed by atoms with Crippen molar-refractivity contribution < 1.29 is 57.5 Å². The van der Waals surface area contributed by atoms with Gasteiger partial charge in [-0.3, -0.25) is 4.79 Å². The standard InChI is InChI=1S/C12H12F4.C12H11F3.C12H9F3.C12H12F2O/c1-6-3-4-8-7(2)11(14)10(13)5-9(8)12(6,15)16;2*1-6-3-4-8-7(2)12(15)10(13)5-9(8)11(6)14;1-6-3-4-8-7(2)11(14)10(13)5-9(8)12(6)15/h5-6H,3-4H2,1-2H3;5H,3-4H2,1-2H3;3-5H,1-2H3;5-6H,3-4H2,1-2H3. The van der Waals surface area contributed by atoms with Crippen LogP contribution in [0.3, 0.4) is 0 Å². The van der Waals surface area contributed by atoms with Crippen LogP contribution in [0.2, 0.25) is 0 Å². The fourth-order valence-electron chi connectivity index (χ4n) is 7.93. The maximum atomic E-state index is 13.8. The van der Waals surface area contributed by atoms with Crippen LogP contribution >= 0.6 is 0 Å². The van der Waals surface area contributed by atoms with Gasteiger partial charge < -0.3 is 0 Å². The molecule has 0 saturated heterocycles. The van der Waals surface area contributed by atoms with Crippen molar-refractivity contribution in [1.29, 1.82) is 0 Å². The first-order chi connectivity index (χ1) is 28.4. The van der Waals surface area contributed by atoms with Crippen LogP contribution in [0.15, 0.2) is 42.0 Å². The van der Waals surface area contributed by atoms with E-state index in [9.17, 15) is 57.5 Å². The number of hydrogen-bond acceptors (Lipinski definition) is 1. The Hall–Kier alpha value is -5.07. The molecule has 5 aromatic carbocycles. The molecular weight excluding hydrogens is 821 g/mol. The summed E-state index contributed by atoms with van der Waals surface area (Å²) in [7, 11) is 0. The van der Waals surface area contributed by atoms with E-state index < -0.39 is 70.0 Å². The highest BCUT2D eigenvalue weighted by Crippen LogP contribution is 2.46. The number of carbonyl (C=O) groups is 1. The average Bonchev–Trinajstić information content (AvgIpc) is 3.21. The Bertz CT molecular complexity index is 2590. The van der Waals surface area contributed by atoms with Crippen LogP contribution in [-0.2, 0) is 25.2 Å². The number of carbonyl (C=O) groups excluding carboxylic acids is 1. The average molecular weight is 865 g/mol. The second-order valence-corrected chi connectivity index (χ2v) is 16.0. The molecule has 0 saturated carbocycles. The summed E-state index contributed by atoms with van der Waals surface area (Å²) in [6.07, 6.45) is 3.21. The molecule has 13 heteroatoms. The zero-order valence-electron chi connectivity index (χ0n) is 34.8. The number of benzene rings is 5. The van der Waals surface area contributed by atoms with Gasteiger partial charge in [-0.25, -0.2) is 52.7 Å². The number of aryl methyl sites for hydroxylation is 2. The largest absolute Gasteiger partial charge is 0.294 e. The number of Topliss-reactive ketones (excluding diaryl/α,β-unsaturated/α-hetero) is 1. The topological polar surface area (TPSA) is 17.1 Å². The van der Waals surface area contributed by atoms with Gasteiger partial charge in [0.2, 0.25) is 0 Å². The van der Waals surface area contributed by atoms with E-state index in [-0.39, 0.29) is 56.0 Å². The molecule has 0 fully saturated rings. The maximum Gasteiger partial charge on any atom is 0.276 e. The molecule has 0 N–H and O–H groups in total. The van der Waals surface area contributed by atoms with Crippen molar-refractivity contribution in [2.24, 2.45) is 11.8 Å². The second-order valence-electron chi connectivity index (χ2n) is 16.0. The first-order valence-corrected chi connectivity index (χ1v) is 19.7. The molecule has 2 atom stereocenters. The highest BCUT2D eigenvalue weighted by atomic mass is 19.3. The summed E-state index contributed by atoms with van der Waals surface area (Å²) in [4.78, 5) is 11.7. The van der Waals surface area contributed by atoms with E-state index in [1.807, 2.05) is 6.92 Å². The summed E-state index contributed by atoms with van der Waals surface area (Å²) >= 11 is 0. The minimum Gasteiger partial charge on any atom is -0.294 e. The van der Waals surface area contributed by atoms with Gasteiger partial charge in [-0.15, -0.1) is 0 Å². The Morgan fingerprint density at radius 2 is 0.984 bits per heavy atom.